The Labute approximate surface area is 173 Å². The molecule has 3 N–H and O–H groups in total. The van der Waals surface area contributed by atoms with Gasteiger partial charge in [-0.2, -0.15) is 5.10 Å². The maximum absolute atomic E-state index is 13.2. The van der Waals surface area contributed by atoms with Crippen LogP contribution in [0.1, 0.15) is 18.1 Å². The molecule has 1 aromatic heterocycles. The molecule has 2 aromatic carbocycles. The van der Waals surface area contributed by atoms with E-state index in [2.05, 4.69) is 10.4 Å². The molecular weight excluding hydrogens is 408 g/mol. The Hall–Kier alpha value is -3.06. The SMILES string of the molecule is C/C(=C\C(=O)Nc1ccc(CP(=O)(O)O)cc1)c1cnn(C)c1-c1ccc(F)cc1. The zero-order chi connectivity index (χ0) is 21.9. The summed E-state index contributed by atoms with van der Waals surface area (Å²) in [6.07, 6.45) is 2.73. The number of aromatic nitrogens is 2. The Morgan fingerprint density at radius 2 is 1.80 bits per heavy atom. The van der Waals surface area contributed by atoms with Gasteiger partial charge in [0, 0.05) is 29.9 Å². The van der Waals surface area contributed by atoms with Crippen LogP contribution in [0.25, 0.3) is 16.8 Å². The molecule has 3 aromatic rings. The molecule has 0 aliphatic heterocycles. The molecule has 0 bridgehead atoms. The number of halogens is 1. The molecule has 0 saturated carbocycles. The van der Waals surface area contributed by atoms with Gasteiger partial charge in [-0.3, -0.25) is 14.0 Å². The minimum absolute atomic E-state index is 0.332. The summed E-state index contributed by atoms with van der Waals surface area (Å²) >= 11 is 0. The lowest BCUT2D eigenvalue weighted by atomic mass is 10.0. The molecule has 3 rings (SSSR count). The van der Waals surface area contributed by atoms with E-state index < -0.39 is 7.60 Å². The second-order valence-electron chi connectivity index (χ2n) is 6.87. The third kappa shape index (κ3) is 5.51. The van der Waals surface area contributed by atoms with E-state index in [-0.39, 0.29) is 17.9 Å². The number of anilines is 1. The van der Waals surface area contributed by atoms with Gasteiger partial charge in [0.2, 0.25) is 5.91 Å². The Balaban J connectivity index is 1.77. The lowest BCUT2D eigenvalue weighted by Gasteiger charge is -2.08. The summed E-state index contributed by atoms with van der Waals surface area (Å²) in [5.41, 5.74) is 3.95. The number of rotatable bonds is 6. The van der Waals surface area contributed by atoms with Gasteiger partial charge in [0.25, 0.3) is 0 Å². The quantitative estimate of drug-likeness (QED) is 0.407. The molecule has 0 aliphatic rings. The van der Waals surface area contributed by atoms with Crippen LogP contribution in [0.4, 0.5) is 10.1 Å². The second-order valence-corrected chi connectivity index (χ2v) is 8.52. The molecule has 0 unspecified atom stereocenters. The lowest BCUT2D eigenvalue weighted by Crippen LogP contribution is -2.08. The second kappa shape index (κ2) is 8.75. The van der Waals surface area contributed by atoms with Crippen LogP contribution < -0.4 is 5.32 Å². The first kappa shape index (κ1) is 21.6. The van der Waals surface area contributed by atoms with Gasteiger partial charge in [-0.15, -0.1) is 0 Å². The Morgan fingerprint density at radius 3 is 2.40 bits per heavy atom. The van der Waals surface area contributed by atoms with Crippen LogP contribution in [0, 0.1) is 5.82 Å². The van der Waals surface area contributed by atoms with Gasteiger partial charge in [-0.25, -0.2) is 4.39 Å². The molecule has 0 saturated heterocycles. The van der Waals surface area contributed by atoms with E-state index in [4.69, 9.17) is 9.79 Å². The van der Waals surface area contributed by atoms with Crippen molar-refractivity contribution >= 4 is 24.8 Å². The number of nitrogens with one attached hydrogen (secondary N) is 1. The van der Waals surface area contributed by atoms with Crippen LogP contribution in [-0.2, 0) is 22.6 Å². The lowest BCUT2D eigenvalue weighted by molar-refractivity contribution is -0.111. The monoisotopic (exact) mass is 429 g/mol. The third-order valence-electron chi connectivity index (χ3n) is 4.44. The van der Waals surface area contributed by atoms with Crippen LogP contribution in [0.5, 0.6) is 0 Å². The van der Waals surface area contributed by atoms with Crippen molar-refractivity contribution in [1.82, 2.24) is 9.78 Å². The first-order valence-corrected chi connectivity index (χ1v) is 10.8. The molecule has 0 spiro atoms. The van der Waals surface area contributed by atoms with Gasteiger partial charge >= 0.3 is 7.60 Å². The van der Waals surface area contributed by atoms with Crippen LogP contribution in [-0.4, -0.2) is 25.5 Å². The topological polar surface area (TPSA) is 104 Å². The van der Waals surface area contributed by atoms with Crippen molar-refractivity contribution in [3.8, 4) is 11.3 Å². The van der Waals surface area contributed by atoms with Crippen molar-refractivity contribution in [3.05, 3.63) is 77.7 Å². The van der Waals surface area contributed by atoms with Gasteiger partial charge in [-0.1, -0.05) is 12.1 Å². The summed E-state index contributed by atoms with van der Waals surface area (Å²) in [4.78, 5) is 30.5. The van der Waals surface area contributed by atoms with E-state index >= 15 is 0 Å². The predicted octanol–water partition coefficient (Wildman–Crippen LogP) is 3.95. The maximum Gasteiger partial charge on any atom is 0.329 e. The molecule has 1 heterocycles. The molecule has 0 radical (unpaired) electrons. The van der Waals surface area contributed by atoms with E-state index in [0.29, 0.717) is 16.8 Å². The number of benzene rings is 2. The highest BCUT2D eigenvalue weighted by atomic mass is 31.2. The Kier molecular flexibility index (Phi) is 6.31. The standard InChI is InChI=1S/C21H21FN3O4P/c1-14(19-12-23-25(2)21(19)16-5-7-17(22)8-6-16)11-20(26)24-18-9-3-15(4-10-18)13-30(27,28)29/h3-12H,13H2,1-2H3,(H,24,26)(H2,27,28,29)/b14-11+. The highest BCUT2D eigenvalue weighted by molar-refractivity contribution is 7.50. The van der Waals surface area contributed by atoms with Gasteiger partial charge in [0.05, 0.1) is 18.1 Å². The maximum atomic E-state index is 13.2. The minimum atomic E-state index is -4.14. The summed E-state index contributed by atoms with van der Waals surface area (Å²) in [6, 6.07) is 12.3. The van der Waals surface area contributed by atoms with Gasteiger partial charge < -0.3 is 15.1 Å². The van der Waals surface area contributed by atoms with Gasteiger partial charge in [0.1, 0.15) is 5.82 Å². The average Bonchev–Trinajstić information content (AvgIpc) is 3.04. The molecule has 9 heteroatoms. The first-order chi connectivity index (χ1) is 14.1. The predicted molar refractivity (Wildman–Crippen MR) is 113 cm³/mol. The fourth-order valence-electron chi connectivity index (χ4n) is 3.06. The normalized spacial score (nSPS) is 12.1. The van der Waals surface area contributed by atoms with Crippen LogP contribution in [0.15, 0.2) is 60.8 Å². The summed E-state index contributed by atoms with van der Waals surface area (Å²) in [5.74, 6) is -0.690. The smallest absolute Gasteiger partial charge is 0.324 e. The molecule has 0 aliphatic carbocycles. The number of aryl methyl sites for hydroxylation is 1. The summed E-state index contributed by atoms with van der Waals surface area (Å²) < 4.78 is 26.0. The number of hydrogen-bond acceptors (Lipinski definition) is 3. The van der Waals surface area contributed by atoms with Crippen LogP contribution in [0.3, 0.4) is 0 Å². The van der Waals surface area contributed by atoms with Gasteiger partial charge in [-0.05, 0) is 54.5 Å². The summed E-state index contributed by atoms with van der Waals surface area (Å²) in [5, 5.41) is 6.97. The number of amides is 1. The number of carbonyl (C=O) groups excluding carboxylic acids is 1. The average molecular weight is 429 g/mol. The zero-order valence-electron chi connectivity index (χ0n) is 16.4. The highest BCUT2D eigenvalue weighted by Gasteiger charge is 2.15. The van der Waals surface area contributed by atoms with Crippen molar-refractivity contribution in [2.45, 2.75) is 13.1 Å². The Bertz CT molecular complexity index is 1130. The highest BCUT2D eigenvalue weighted by Crippen LogP contribution is 2.39. The van der Waals surface area contributed by atoms with Crippen molar-refractivity contribution in [1.29, 1.82) is 0 Å². The Morgan fingerprint density at radius 1 is 1.17 bits per heavy atom. The summed E-state index contributed by atoms with van der Waals surface area (Å²) in [6.45, 7) is 1.78. The largest absolute Gasteiger partial charge is 0.329 e. The number of nitrogens with zero attached hydrogens (tertiary/aromatic N) is 2. The van der Waals surface area contributed by atoms with Crippen LogP contribution >= 0.6 is 7.60 Å². The van der Waals surface area contributed by atoms with Crippen LogP contribution in [0.2, 0.25) is 0 Å². The van der Waals surface area contributed by atoms with E-state index in [1.165, 1.54) is 18.2 Å². The van der Waals surface area contributed by atoms with Crippen molar-refractivity contribution < 1.29 is 23.5 Å². The van der Waals surface area contributed by atoms with Gasteiger partial charge in [0.15, 0.2) is 0 Å². The number of carbonyl (C=O) groups is 1. The molecule has 0 fully saturated rings. The van der Waals surface area contributed by atoms with Crippen molar-refractivity contribution in [2.24, 2.45) is 7.05 Å². The van der Waals surface area contributed by atoms with E-state index in [9.17, 15) is 13.8 Å². The first-order valence-electron chi connectivity index (χ1n) is 9.03. The number of allylic oxidation sites excluding steroid dienone is 1. The number of hydrogen-bond donors (Lipinski definition) is 3. The molecule has 30 heavy (non-hydrogen) atoms. The van der Waals surface area contributed by atoms with E-state index in [1.54, 1.807) is 61.2 Å². The van der Waals surface area contributed by atoms with E-state index in [1.807, 2.05) is 0 Å². The fourth-order valence-corrected chi connectivity index (χ4v) is 3.75. The molecule has 0 atom stereocenters. The van der Waals surface area contributed by atoms with Crippen molar-refractivity contribution in [2.75, 3.05) is 5.32 Å². The third-order valence-corrected chi connectivity index (χ3v) is 5.22. The minimum Gasteiger partial charge on any atom is -0.324 e. The fraction of sp³-hybridized carbons (Fsp3) is 0.143. The zero-order valence-corrected chi connectivity index (χ0v) is 17.3. The molecule has 1 amide bonds. The molecule has 7 nitrogen and oxygen atoms in total. The van der Waals surface area contributed by atoms with E-state index in [0.717, 1.165) is 16.8 Å². The molecular formula is C21H21FN3O4P. The molecule has 156 valence electrons. The summed E-state index contributed by atoms with van der Waals surface area (Å²) in [7, 11) is -2.37. The van der Waals surface area contributed by atoms with Crippen molar-refractivity contribution in [3.63, 3.8) is 0 Å².